The molecule has 5 aromatic carbocycles. The molecule has 0 fully saturated rings. The first-order valence-corrected chi connectivity index (χ1v) is 14.4. The SMILES string of the molecule is N#Cc1ccc(-c2ccc(-n3c4ccccc4c4ccccc43)c(C#N)c2)c(N2c3ccccc3C3CCC=CC32)c1. The number of aromatic nitrogens is 1. The van der Waals surface area contributed by atoms with Gasteiger partial charge in [0.15, 0.2) is 0 Å². The maximum atomic E-state index is 10.5. The number of nitrogens with zero attached hydrogens (tertiary/aromatic N) is 4. The maximum absolute atomic E-state index is 10.5. The van der Waals surface area contributed by atoms with Gasteiger partial charge in [-0.15, -0.1) is 0 Å². The Kier molecular flexibility index (Phi) is 5.49. The van der Waals surface area contributed by atoms with Crippen molar-refractivity contribution in [1.82, 2.24) is 4.57 Å². The van der Waals surface area contributed by atoms with Crippen molar-refractivity contribution in [2.45, 2.75) is 24.8 Å². The molecule has 1 aliphatic carbocycles. The zero-order valence-electron chi connectivity index (χ0n) is 22.9. The van der Waals surface area contributed by atoms with Gasteiger partial charge in [0.25, 0.3) is 0 Å². The molecule has 0 radical (unpaired) electrons. The van der Waals surface area contributed by atoms with Crippen molar-refractivity contribution < 1.29 is 0 Å². The molecule has 1 aliphatic heterocycles. The molecule has 2 unspecified atom stereocenters. The average molecular weight is 539 g/mol. The van der Waals surface area contributed by atoms with E-state index in [-0.39, 0.29) is 6.04 Å². The highest BCUT2D eigenvalue weighted by Crippen LogP contribution is 2.51. The predicted octanol–water partition coefficient (Wildman–Crippen LogP) is 9.15. The molecule has 2 aliphatic rings. The molecular formula is C38H26N4. The van der Waals surface area contributed by atoms with E-state index in [0.717, 1.165) is 46.4 Å². The number of rotatable bonds is 3. The smallest absolute Gasteiger partial charge is 0.101 e. The molecule has 198 valence electrons. The second-order valence-electron chi connectivity index (χ2n) is 11.1. The van der Waals surface area contributed by atoms with Crippen LogP contribution >= 0.6 is 0 Å². The maximum Gasteiger partial charge on any atom is 0.101 e. The lowest BCUT2D eigenvalue weighted by Gasteiger charge is -2.32. The summed E-state index contributed by atoms with van der Waals surface area (Å²) < 4.78 is 2.20. The van der Waals surface area contributed by atoms with Gasteiger partial charge >= 0.3 is 0 Å². The number of allylic oxidation sites excluding steroid dienone is 1. The molecule has 0 bridgehead atoms. The summed E-state index contributed by atoms with van der Waals surface area (Å²) in [5, 5.41) is 22.6. The Balaban J connectivity index is 1.33. The van der Waals surface area contributed by atoms with Crippen molar-refractivity contribution in [3.8, 4) is 29.0 Å². The quantitative estimate of drug-likeness (QED) is 0.211. The Bertz CT molecular complexity index is 2100. The van der Waals surface area contributed by atoms with Gasteiger partial charge in [0.2, 0.25) is 0 Å². The Morgan fingerprint density at radius 3 is 2.17 bits per heavy atom. The van der Waals surface area contributed by atoms with Crippen LogP contribution in [0.3, 0.4) is 0 Å². The highest BCUT2D eigenvalue weighted by atomic mass is 15.2. The molecule has 4 heteroatoms. The van der Waals surface area contributed by atoms with E-state index in [1.54, 1.807) is 0 Å². The van der Waals surface area contributed by atoms with E-state index >= 15 is 0 Å². The second kappa shape index (κ2) is 9.51. The van der Waals surface area contributed by atoms with E-state index in [1.165, 1.54) is 22.0 Å². The van der Waals surface area contributed by atoms with Crippen molar-refractivity contribution >= 4 is 33.2 Å². The summed E-state index contributed by atoms with van der Waals surface area (Å²) in [6.45, 7) is 0. The van der Waals surface area contributed by atoms with Gasteiger partial charge in [-0.05, 0) is 66.4 Å². The summed E-state index contributed by atoms with van der Waals surface area (Å²) >= 11 is 0. The molecule has 2 heterocycles. The van der Waals surface area contributed by atoms with Crippen LogP contribution in [0.5, 0.6) is 0 Å². The molecule has 0 amide bonds. The van der Waals surface area contributed by atoms with Crippen LogP contribution in [-0.2, 0) is 0 Å². The molecule has 8 rings (SSSR count). The molecule has 0 spiro atoms. The molecule has 42 heavy (non-hydrogen) atoms. The second-order valence-corrected chi connectivity index (χ2v) is 11.1. The summed E-state index contributed by atoms with van der Waals surface area (Å²) in [4.78, 5) is 2.40. The summed E-state index contributed by atoms with van der Waals surface area (Å²) in [7, 11) is 0. The summed E-state index contributed by atoms with van der Waals surface area (Å²) in [6, 6.07) is 42.5. The van der Waals surface area contributed by atoms with Crippen molar-refractivity contribution in [2.75, 3.05) is 4.90 Å². The fourth-order valence-electron chi connectivity index (χ4n) is 7.11. The van der Waals surface area contributed by atoms with Gasteiger partial charge in [0, 0.05) is 27.9 Å². The van der Waals surface area contributed by atoms with Gasteiger partial charge in [-0.25, -0.2) is 0 Å². The lowest BCUT2D eigenvalue weighted by molar-refractivity contribution is 0.573. The molecule has 0 saturated carbocycles. The highest BCUT2D eigenvalue weighted by molar-refractivity contribution is 6.09. The monoisotopic (exact) mass is 538 g/mol. The first-order valence-electron chi connectivity index (χ1n) is 14.4. The van der Waals surface area contributed by atoms with E-state index in [4.69, 9.17) is 0 Å². The summed E-state index contributed by atoms with van der Waals surface area (Å²) in [5.74, 6) is 0.414. The number of fused-ring (bicyclic) bond motifs is 6. The van der Waals surface area contributed by atoms with Crippen molar-refractivity contribution in [1.29, 1.82) is 10.5 Å². The number of para-hydroxylation sites is 3. The fraction of sp³-hybridized carbons (Fsp3) is 0.105. The lowest BCUT2D eigenvalue weighted by atomic mass is 9.86. The van der Waals surface area contributed by atoms with E-state index in [1.807, 2.05) is 36.4 Å². The van der Waals surface area contributed by atoms with Crippen molar-refractivity contribution in [3.05, 3.63) is 138 Å². The van der Waals surface area contributed by atoms with Gasteiger partial charge in [0.1, 0.15) is 6.07 Å². The van der Waals surface area contributed by atoms with Gasteiger partial charge < -0.3 is 9.47 Å². The first kappa shape index (κ1) is 24.2. The molecule has 4 nitrogen and oxygen atoms in total. The minimum atomic E-state index is 0.191. The van der Waals surface area contributed by atoms with Crippen LogP contribution in [0.1, 0.15) is 35.4 Å². The Morgan fingerprint density at radius 2 is 1.40 bits per heavy atom. The average Bonchev–Trinajstić information content (AvgIpc) is 3.57. The molecule has 2 atom stereocenters. The van der Waals surface area contributed by atoms with Crippen molar-refractivity contribution in [2.24, 2.45) is 0 Å². The largest absolute Gasteiger partial charge is 0.333 e. The molecule has 0 saturated heterocycles. The zero-order chi connectivity index (χ0) is 28.2. The number of anilines is 2. The van der Waals surface area contributed by atoms with Gasteiger partial charge in [-0.2, -0.15) is 10.5 Å². The Morgan fingerprint density at radius 1 is 0.667 bits per heavy atom. The summed E-state index contributed by atoms with van der Waals surface area (Å²) in [5.41, 5.74) is 9.74. The third-order valence-electron chi connectivity index (χ3n) is 8.92. The normalized spacial score (nSPS) is 17.1. The topological polar surface area (TPSA) is 55.8 Å². The molecule has 6 aromatic rings. The van der Waals surface area contributed by atoms with Crippen LogP contribution < -0.4 is 4.90 Å². The van der Waals surface area contributed by atoms with E-state index in [9.17, 15) is 10.5 Å². The van der Waals surface area contributed by atoms with Crippen LogP contribution in [0.25, 0.3) is 38.6 Å². The Hall–Kier alpha value is -5.58. The van der Waals surface area contributed by atoms with Gasteiger partial charge in [0.05, 0.1) is 45.6 Å². The zero-order valence-corrected chi connectivity index (χ0v) is 22.9. The van der Waals surface area contributed by atoms with Crippen LogP contribution in [0.4, 0.5) is 11.4 Å². The van der Waals surface area contributed by atoms with E-state index in [2.05, 4.69) is 107 Å². The van der Waals surface area contributed by atoms with Crippen molar-refractivity contribution in [3.63, 3.8) is 0 Å². The summed E-state index contributed by atoms with van der Waals surface area (Å²) in [6.07, 6.45) is 6.78. The fourth-order valence-corrected chi connectivity index (χ4v) is 7.11. The van der Waals surface area contributed by atoms with Crippen LogP contribution in [-0.4, -0.2) is 10.6 Å². The predicted molar refractivity (Wildman–Crippen MR) is 169 cm³/mol. The van der Waals surface area contributed by atoms with E-state index < -0.39 is 0 Å². The minimum absolute atomic E-state index is 0.191. The molecule has 1 aromatic heterocycles. The number of benzene rings is 5. The first-order chi connectivity index (χ1) is 20.8. The third-order valence-corrected chi connectivity index (χ3v) is 8.92. The number of hydrogen-bond donors (Lipinski definition) is 0. The third kappa shape index (κ3) is 3.53. The minimum Gasteiger partial charge on any atom is -0.333 e. The molecular weight excluding hydrogens is 512 g/mol. The standard InChI is InChI=1S/C38H26N4/c39-23-25-17-19-28(38(21-25)42-36-15-7-3-11-31(36)32-12-4-8-16-37(32)42)26-18-20-33(27(22-26)24-40)41-34-13-5-1-9-29(34)30-10-2-6-14-35(30)41/h1-3,5-11,13-22,32,37H,4,12H2. The molecule has 0 N–H and O–H groups in total. The number of nitriles is 2. The van der Waals surface area contributed by atoms with Crippen LogP contribution in [0.15, 0.2) is 121 Å². The Labute approximate surface area is 244 Å². The highest BCUT2D eigenvalue weighted by Gasteiger charge is 2.39. The van der Waals surface area contributed by atoms with Gasteiger partial charge in [-0.3, -0.25) is 0 Å². The number of hydrogen-bond acceptors (Lipinski definition) is 3. The van der Waals surface area contributed by atoms with E-state index in [0.29, 0.717) is 17.0 Å². The lowest BCUT2D eigenvalue weighted by Crippen LogP contribution is -2.30. The van der Waals surface area contributed by atoms with Gasteiger partial charge in [-0.1, -0.05) is 78.9 Å². The van der Waals surface area contributed by atoms with Crippen LogP contribution in [0.2, 0.25) is 0 Å². The van der Waals surface area contributed by atoms with Crippen LogP contribution in [0, 0.1) is 22.7 Å².